The first-order valence-corrected chi connectivity index (χ1v) is 16.9. The maximum Gasteiger partial charge on any atom is 0.242 e. The lowest BCUT2D eigenvalue weighted by molar-refractivity contribution is 0.165. The molecular weight excluding hydrogens is 587 g/mol. The van der Waals surface area contributed by atoms with Crippen LogP contribution in [0.1, 0.15) is 36.3 Å². The number of rotatable bonds is 9. The van der Waals surface area contributed by atoms with E-state index in [9.17, 15) is 12.6 Å². The van der Waals surface area contributed by atoms with Crippen LogP contribution in [0.15, 0.2) is 76.5 Å². The van der Waals surface area contributed by atoms with Gasteiger partial charge in [-0.3, -0.25) is 4.21 Å². The molecule has 3 aromatic rings. The zero-order valence-electron chi connectivity index (χ0n) is 22.7. The molecule has 0 amide bonds. The quantitative estimate of drug-likeness (QED) is 0.296. The van der Waals surface area contributed by atoms with Gasteiger partial charge in [0.25, 0.3) is 0 Å². The van der Waals surface area contributed by atoms with E-state index in [1.165, 1.54) is 9.87 Å². The van der Waals surface area contributed by atoms with Crippen molar-refractivity contribution in [1.29, 1.82) is 0 Å². The highest BCUT2D eigenvalue weighted by Crippen LogP contribution is 2.45. The van der Waals surface area contributed by atoms with Crippen LogP contribution >= 0.6 is 23.2 Å². The van der Waals surface area contributed by atoms with E-state index >= 15 is 0 Å². The van der Waals surface area contributed by atoms with E-state index in [2.05, 4.69) is 11.0 Å². The van der Waals surface area contributed by atoms with Gasteiger partial charge in [-0.25, -0.2) is 12.7 Å². The molecule has 0 saturated carbocycles. The number of hydrogen-bond donors (Lipinski definition) is 0. The van der Waals surface area contributed by atoms with Gasteiger partial charge >= 0.3 is 0 Å². The van der Waals surface area contributed by atoms with Gasteiger partial charge in [0, 0.05) is 29.7 Å². The molecule has 1 spiro atoms. The van der Waals surface area contributed by atoms with Gasteiger partial charge in [0.05, 0.1) is 32.9 Å². The van der Waals surface area contributed by atoms with Crippen molar-refractivity contribution in [1.82, 2.24) is 9.21 Å². The molecule has 2 heterocycles. The van der Waals surface area contributed by atoms with Crippen molar-refractivity contribution in [3.63, 3.8) is 0 Å². The fourth-order valence-electron chi connectivity index (χ4n) is 5.93. The number of methoxy groups -OCH3 is 1. The van der Waals surface area contributed by atoms with Gasteiger partial charge in [-0.15, -0.1) is 0 Å². The maximum absolute atomic E-state index is 13.4. The molecule has 1 saturated heterocycles. The normalized spacial score (nSPS) is 19.6. The van der Waals surface area contributed by atoms with Gasteiger partial charge in [0.1, 0.15) is 5.75 Å². The molecule has 2 aliphatic heterocycles. The summed E-state index contributed by atoms with van der Waals surface area (Å²) in [6, 6.07) is 20.2. The summed E-state index contributed by atoms with van der Waals surface area (Å²) in [7, 11) is -1.47. The zero-order chi connectivity index (χ0) is 28.5. The van der Waals surface area contributed by atoms with Crippen molar-refractivity contribution in [2.75, 3.05) is 46.1 Å². The van der Waals surface area contributed by atoms with E-state index in [0.717, 1.165) is 49.4 Å². The number of ether oxygens (including phenoxy) is 1. The standard InChI is InChI=1S/C30H34Cl2N2O4S2/c1-33(40(36,37)25-10-8-24(38-2)9-11-25)20-23(22-7-12-27(31)28(32)19-22)13-16-34-17-14-30(15-18-34)21-39(35)29-6-4-3-5-26(29)30/h3-12,19,23H,13-18,20-21H2,1-2H3. The van der Waals surface area contributed by atoms with Crippen LogP contribution in [0, 0.1) is 0 Å². The van der Waals surface area contributed by atoms with Crippen LogP contribution in [-0.4, -0.2) is 67.9 Å². The van der Waals surface area contributed by atoms with E-state index in [1.54, 1.807) is 44.5 Å². The molecule has 5 rings (SSSR count). The Morgan fingerprint density at radius 2 is 1.73 bits per heavy atom. The van der Waals surface area contributed by atoms with E-state index in [4.69, 9.17) is 27.9 Å². The lowest BCUT2D eigenvalue weighted by Gasteiger charge is -2.40. The van der Waals surface area contributed by atoms with Crippen LogP contribution < -0.4 is 4.74 Å². The zero-order valence-corrected chi connectivity index (χ0v) is 25.8. The maximum atomic E-state index is 13.4. The SMILES string of the molecule is COc1ccc(S(=O)(=O)N(C)CC(CCN2CCC3(CC2)CS(=O)c2ccccc23)c2ccc(Cl)c(Cl)c2)cc1. The van der Waals surface area contributed by atoms with Crippen molar-refractivity contribution >= 4 is 44.0 Å². The van der Waals surface area contributed by atoms with E-state index in [0.29, 0.717) is 28.1 Å². The lowest BCUT2D eigenvalue weighted by Crippen LogP contribution is -2.44. The summed E-state index contributed by atoms with van der Waals surface area (Å²) in [6.07, 6.45) is 2.70. The molecule has 6 nitrogen and oxygen atoms in total. The lowest BCUT2D eigenvalue weighted by atomic mass is 9.74. The molecule has 0 bridgehead atoms. The van der Waals surface area contributed by atoms with Crippen LogP contribution in [0.25, 0.3) is 0 Å². The molecule has 1 fully saturated rings. The Bertz CT molecular complexity index is 1490. The van der Waals surface area contributed by atoms with Gasteiger partial charge in [-0.1, -0.05) is 47.5 Å². The molecule has 0 aromatic heterocycles. The summed E-state index contributed by atoms with van der Waals surface area (Å²) in [4.78, 5) is 3.66. The minimum absolute atomic E-state index is 0.00623. The first-order valence-electron chi connectivity index (χ1n) is 13.4. The van der Waals surface area contributed by atoms with Gasteiger partial charge < -0.3 is 9.64 Å². The second-order valence-electron chi connectivity index (χ2n) is 10.7. The average Bonchev–Trinajstić information content (AvgIpc) is 3.24. The molecular formula is C30H34Cl2N2O4S2. The Kier molecular flexibility index (Phi) is 8.95. The predicted molar refractivity (Wildman–Crippen MR) is 162 cm³/mol. The molecule has 40 heavy (non-hydrogen) atoms. The second-order valence-corrected chi connectivity index (χ2v) is 15.0. The van der Waals surface area contributed by atoms with Crippen LogP contribution in [0.5, 0.6) is 5.75 Å². The second kappa shape index (κ2) is 12.1. The highest BCUT2D eigenvalue weighted by Gasteiger charge is 2.44. The fraction of sp³-hybridized carbons (Fsp3) is 0.400. The molecule has 0 radical (unpaired) electrons. The van der Waals surface area contributed by atoms with Crippen LogP contribution in [0.3, 0.4) is 0 Å². The number of nitrogens with zero attached hydrogens (tertiary/aromatic N) is 2. The minimum Gasteiger partial charge on any atom is -0.497 e. The van der Waals surface area contributed by atoms with Gasteiger partial charge in [-0.05, 0) is 98.4 Å². The molecule has 2 aliphatic rings. The fourth-order valence-corrected chi connectivity index (χ4v) is 9.32. The number of halogens is 2. The summed E-state index contributed by atoms with van der Waals surface area (Å²) in [5, 5.41) is 0.927. The molecule has 0 N–H and O–H groups in total. The predicted octanol–water partition coefficient (Wildman–Crippen LogP) is 5.95. The molecule has 10 heteroatoms. The largest absolute Gasteiger partial charge is 0.497 e. The molecule has 3 aromatic carbocycles. The monoisotopic (exact) mass is 620 g/mol. The summed E-state index contributed by atoms with van der Waals surface area (Å²) in [5.41, 5.74) is 2.21. The van der Waals surface area contributed by atoms with Crippen molar-refractivity contribution in [2.45, 2.75) is 40.4 Å². The third-order valence-corrected chi connectivity index (χ3v) is 12.6. The molecule has 214 valence electrons. The average molecular weight is 622 g/mol. The van der Waals surface area contributed by atoms with Crippen molar-refractivity contribution in [2.24, 2.45) is 0 Å². The minimum atomic E-state index is -3.70. The molecule has 2 atom stereocenters. The van der Waals surface area contributed by atoms with E-state index in [1.807, 2.05) is 30.3 Å². The Morgan fingerprint density at radius 1 is 1.02 bits per heavy atom. The number of piperidine rings is 1. The summed E-state index contributed by atoms with van der Waals surface area (Å²) in [6.45, 7) is 2.96. The smallest absolute Gasteiger partial charge is 0.242 e. The highest BCUT2D eigenvalue weighted by molar-refractivity contribution is 7.89. The molecule has 0 aliphatic carbocycles. The Labute approximate surface area is 249 Å². The third kappa shape index (κ3) is 5.98. The van der Waals surface area contributed by atoms with Gasteiger partial charge in [-0.2, -0.15) is 0 Å². The van der Waals surface area contributed by atoms with Crippen molar-refractivity contribution in [3.05, 3.63) is 87.9 Å². The summed E-state index contributed by atoms with van der Waals surface area (Å²) < 4.78 is 46.2. The van der Waals surface area contributed by atoms with Gasteiger partial charge in [0.15, 0.2) is 0 Å². The number of benzene rings is 3. The Hall–Kier alpha value is -1.94. The topological polar surface area (TPSA) is 66.9 Å². The summed E-state index contributed by atoms with van der Waals surface area (Å²) in [5.74, 6) is 1.23. The number of hydrogen-bond acceptors (Lipinski definition) is 5. The number of likely N-dealkylation sites (tertiary alicyclic amines) is 1. The highest BCUT2D eigenvalue weighted by atomic mass is 35.5. The number of sulfonamides is 1. The third-order valence-electron chi connectivity index (χ3n) is 8.38. The van der Waals surface area contributed by atoms with Crippen molar-refractivity contribution in [3.8, 4) is 5.75 Å². The van der Waals surface area contributed by atoms with E-state index < -0.39 is 20.8 Å². The Balaban J connectivity index is 1.29. The first kappa shape index (κ1) is 29.5. The van der Waals surface area contributed by atoms with Gasteiger partial charge in [0.2, 0.25) is 10.0 Å². The van der Waals surface area contributed by atoms with Crippen LogP contribution in [0.2, 0.25) is 10.0 Å². The van der Waals surface area contributed by atoms with E-state index in [-0.39, 0.29) is 16.2 Å². The van der Waals surface area contributed by atoms with Crippen LogP contribution in [-0.2, 0) is 26.2 Å². The molecule has 2 unspecified atom stereocenters. The first-order chi connectivity index (χ1) is 19.1. The van der Waals surface area contributed by atoms with Crippen LogP contribution in [0.4, 0.5) is 0 Å². The van der Waals surface area contributed by atoms with Crippen molar-refractivity contribution < 1.29 is 17.4 Å². The number of likely N-dealkylation sites (N-methyl/N-ethyl adjacent to an activating group) is 1. The summed E-state index contributed by atoms with van der Waals surface area (Å²) >= 11 is 12.6. The number of fused-ring (bicyclic) bond motifs is 2. The Morgan fingerprint density at radius 3 is 2.40 bits per heavy atom.